The minimum absolute atomic E-state index is 0.0401. The largest absolute Gasteiger partial charge is 0.330 e. The Kier molecular flexibility index (Phi) is 9.85. The molecule has 0 saturated heterocycles. The summed E-state index contributed by atoms with van der Waals surface area (Å²) in [6.45, 7) is 13.9. The fraction of sp³-hybridized carbons (Fsp3) is 0.500. The molecule has 0 bridgehead atoms. The van der Waals surface area contributed by atoms with Gasteiger partial charge in [0.2, 0.25) is 5.91 Å². The molecule has 6 heteroatoms. The quantitative estimate of drug-likeness (QED) is 0.655. The van der Waals surface area contributed by atoms with Crippen molar-refractivity contribution in [2.24, 2.45) is 17.6 Å². The van der Waals surface area contributed by atoms with E-state index in [9.17, 15) is 4.79 Å². The van der Waals surface area contributed by atoms with E-state index >= 15 is 0 Å². The predicted octanol–water partition coefficient (Wildman–Crippen LogP) is 5.60. The summed E-state index contributed by atoms with van der Waals surface area (Å²) in [6, 6.07) is 7.85. The molecule has 2 aromatic rings. The van der Waals surface area contributed by atoms with Crippen LogP contribution in [0.4, 0.5) is 5.69 Å². The number of aromatic nitrogens is 3. The molecule has 4 rings (SSSR count). The number of carbonyl (C=O) groups is 1. The van der Waals surface area contributed by atoms with E-state index in [1.807, 2.05) is 43.0 Å². The summed E-state index contributed by atoms with van der Waals surface area (Å²) < 4.78 is 0. The molecular weight excluding hydrogens is 398 g/mol. The second-order valence-electron chi connectivity index (χ2n) is 8.50. The van der Waals surface area contributed by atoms with Crippen LogP contribution in [0.1, 0.15) is 66.5 Å². The van der Waals surface area contributed by atoms with Crippen LogP contribution >= 0.6 is 0 Å². The maximum Gasteiger partial charge on any atom is 0.228 e. The molecule has 0 fully saturated rings. The molecule has 1 aliphatic heterocycles. The van der Waals surface area contributed by atoms with Crippen molar-refractivity contribution < 1.29 is 4.79 Å². The van der Waals surface area contributed by atoms with Crippen LogP contribution in [0.5, 0.6) is 0 Å². The summed E-state index contributed by atoms with van der Waals surface area (Å²) in [4.78, 5) is 14.6. The Bertz CT molecular complexity index is 933. The first-order valence-electron chi connectivity index (χ1n) is 11.8. The van der Waals surface area contributed by atoms with Gasteiger partial charge >= 0.3 is 0 Å². The molecule has 0 spiro atoms. The van der Waals surface area contributed by atoms with Gasteiger partial charge in [0.15, 0.2) is 0 Å². The molecule has 3 N–H and O–H groups in total. The average molecular weight is 438 g/mol. The highest BCUT2D eigenvalue weighted by Gasteiger charge is 2.28. The number of nitrogens with zero attached hydrogens (tertiary/aromatic N) is 3. The third-order valence-corrected chi connectivity index (χ3v) is 5.87. The van der Waals surface area contributed by atoms with Gasteiger partial charge in [0.25, 0.3) is 0 Å². The first-order chi connectivity index (χ1) is 15.4. The summed E-state index contributed by atoms with van der Waals surface area (Å²) in [5, 5.41) is 11.5. The minimum Gasteiger partial charge on any atom is -0.330 e. The van der Waals surface area contributed by atoms with Crippen molar-refractivity contribution in [1.29, 1.82) is 0 Å². The highest BCUT2D eigenvalue weighted by molar-refractivity contribution is 6.01. The Morgan fingerprint density at radius 2 is 1.75 bits per heavy atom. The zero-order valence-corrected chi connectivity index (χ0v) is 20.5. The molecule has 6 nitrogen and oxygen atoms in total. The number of hydrogen-bond donors (Lipinski definition) is 2. The lowest BCUT2D eigenvalue weighted by atomic mass is 9.90. The number of H-pyrrole nitrogens is 1. The van der Waals surface area contributed by atoms with Crippen LogP contribution in [-0.4, -0.2) is 34.4 Å². The second-order valence-corrected chi connectivity index (χ2v) is 8.50. The average Bonchev–Trinajstić information content (AvgIpc) is 3.27. The van der Waals surface area contributed by atoms with Crippen molar-refractivity contribution in [1.82, 2.24) is 15.4 Å². The third-order valence-electron chi connectivity index (χ3n) is 5.87. The van der Waals surface area contributed by atoms with Crippen LogP contribution in [0.25, 0.3) is 16.8 Å². The SMILES string of the molecule is CC.CC(C)C(C)C.NCCC(=O)N1CC2=C(C=CCC2)c2n[nH]nc2-c2ccccc21. The molecule has 1 aromatic heterocycles. The van der Waals surface area contributed by atoms with E-state index in [1.54, 1.807) is 0 Å². The van der Waals surface area contributed by atoms with Gasteiger partial charge in [-0.25, -0.2) is 0 Å². The highest BCUT2D eigenvalue weighted by atomic mass is 16.2. The fourth-order valence-corrected chi connectivity index (χ4v) is 3.39. The van der Waals surface area contributed by atoms with Crippen LogP contribution < -0.4 is 10.6 Å². The lowest BCUT2D eigenvalue weighted by molar-refractivity contribution is -0.118. The number of carbonyl (C=O) groups excluding carboxylic acids is 1. The van der Waals surface area contributed by atoms with Gasteiger partial charge in [-0.05, 0) is 36.3 Å². The van der Waals surface area contributed by atoms with Crippen molar-refractivity contribution >= 4 is 17.2 Å². The fourth-order valence-electron chi connectivity index (χ4n) is 3.39. The number of rotatable bonds is 3. The third kappa shape index (κ3) is 5.94. The Balaban J connectivity index is 0.000000396. The minimum atomic E-state index is 0.0401. The monoisotopic (exact) mass is 437 g/mol. The standard InChI is InChI=1S/C18H19N5O.C6H14.C2H6/c19-10-9-16(24)23-11-12-5-1-2-6-13(12)17-18(21-22-20-17)14-7-3-4-8-15(14)23;1-5(2)6(3)4;1-2/h2-4,6-8H,1,5,9-11,19H2,(H,20,21,22);5-6H,1-4H3;1-2H3. The van der Waals surface area contributed by atoms with Gasteiger partial charge in [-0.2, -0.15) is 15.4 Å². The molecule has 32 heavy (non-hydrogen) atoms. The van der Waals surface area contributed by atoms with E-state index in [1.165, 1.54) is 5.57 Å². The van der Waals surface area contributed by atoms with Crippen molar-refractivity contribution in [3.05, 3.63) is 47.7 Å². The lowest BCUT2D eigenvalue weighted by Gasteiger charge is -2.30. The topological polar surface area (TPSA) is 87.9 Å². The molecule has 0 radical (unpaired) electrons. The maximum absolute atomic E-state index is 12.7. The van der Waals surface area contributed by atoms with Crippen molar-refractivity contribution in [3.8, 4) is 11.3 Å². The number of anilines is 1. The summed E-state index contributed by atoms with van der Waals surface area (Å²) in [5.41, 5.74) is 11.3. The highest BCUT2D eigenvalue weighted by Crippen LogP contribution is 2.39. The Morgan fingerprint density at radius 3 is 2.41 bits per heavy atom. The summed E-state index contributed by atoms with van der Waals surface area (Å²) in [7, 11) is 0. The van der Waals surface area contributed by atoms with E-state index in [-0.39, 0.29) is 5.91 Å². The molecule has 1 amide bonds. The van der Waals surface area contributed by atoms with Crippen LogP contribution in [0.2, 0.25) is 0 Å². The number of hydrogen-bond acceptors (Lipinski definition) is 4. The number of benzene rings is 1. The Morgan fingerprint density at radius 1 is 1.09 bits per heavy atom. The Hall–Kier alpha value is -2.73. The van der Waals surface area contributed by atoms with Gasteiger partial charge in [-0.3, -0.25) is 4.79 Å². The van der Waals surface area contributed by atoms with E-state index in [2.05, 4.69) is 55.3 Å². The molecule has 174 valence electrons. The zero-order valence-electron chi connectivity index (χ0n) is 20.5. The van der Waals surface area contributed by atoms with Crippen molar-refractivity contribution in [2.45, 2.75) is 60.8 Å². The number of para-hydroxylation sites is 1. The smallest absolute Gasteiger partial charge is 0.228 e. The number of aromatic amines is 1. The van der Waals surface area contributed by atoms with Gasteiger partial charge in [-0.15, -0.1) is 0 Å². The number of fused-ring (bicyclic) bond motifs is 4. The van der Waals surface area contributed by atoms with Crippen LogP contribution in [0.15, 0.2) is 42.0 Å². The van der Waals surface area contributed by atoms with E-state index in [0.717, 1.165) is 52.9 Å². The first-order valence-corrected chi connectivity index (χ1v) is 11.8. The molecule has 1 aliphatic carbocycles. The van der Waals surface area contributed by atoms with Crippen molar-refractivity contribution in [2.75, 3.05) is 18.0 Å². The molecule has 2 heterocycles. The molecule has 1 aromatic carbocycles. The first kappa shape index (κ1) is 25.5. The molecular formula is C26H39N5O. The molecule has 0 atom stereocenters. The predicted molar refractivity (Wildman–Crippen MR) is 134 cm³/mol. The molecule has 0 saturated carbocycles. The summed E-state index contributed by atoms with van der Waals surface area (Å²) in [6.07, 6.45) is 6.48. The van der Waals surface area contributed by atoms with Gasteiger partial charge in [0.05, 0.1) is 5.69 Å². The Labute approximate surface area is 193 Å². The lowest BCUT2D eigenvalue weighted by Crippen LogP contribution is -2.35. The zero-order chi connectivity index (χ0) is 23.7. The summed E-state index contributed by atoms with van der Waals surface area (Å²) >= 11 is 0. The number of amides is 1. The van der Waals surface area contributed by atoms with Gasteiger partial charge < -0.3 is 10.6 Å². The number of nitrogens with one attached hydrogen (secondary N) is 1. The van der Waals surface area contributed by atoms with Crippen LogP contribution in [-0.2, 0) is 4.79 Å². The van der Waals surface area contributed by atoms with E-state index in [4.69, 9.17) is 5.73 Å². The molecule has 0 unspecified atom stereocenters. The van der Waals surface area contributed by atoms with E-state index in [0.29, 0.717) is 19.5 Å². The second kappa shape index (κ2) is 12.3. The van der Waals surface area contributed by atoms with Gasteiger partial charge in [0, 0.05) is 30.6 Å². The summed E-state index contributed by atoms with van der Waals surface area (Å²) in [5.74, 6) is 1.74. The molecule has 2 aliphatic rings. The van der Waals surface area contributed by atoms with Crippen LogP contribution in [0, 0.1) is 11.8 Å². The van der Waals surface area contributed by atoms with Crippen molar-refractivity contribution in [3.63, 3.8) is 0 Å². The van der Waals surface area contributed by atoms with Crippen LogP contribution in [0.3, 0.4) is 0 Å². The normalized spacial score (nSPS) is 14.3. The number of nitrogens with two attached hydrogens (primary N) is 1. The van der Waals surface area contributed by atoms with Gasteiger partial charge in [-0.1, -0.05) is 71.9 Å². The maximum atomic E-state index is 12.7. The van der Waals surface area contributed by atoms with E-state index < -0.39 is 0 Å². The number of allylic oxidation sites excluding steroid dienone is 3. The van der Waals surface area contributed by atoms with Gasteiger partial charge in [0.1, 0.15) is 11.4 Å².